The van der Waals surface area contributed by atoms with Crippen LogP contribution in [-0.2, 0) is 9.59 Å². The zero-order valence-corrected chi connectivity index (χ0v) is 11.5. The van der Waals surface area contributed by atoms with Crippen molar-refractivity contribution in [2.45, 2.75) is 57.5 Å². The van der Waals surface area contributed by atoms with Crippen LogP contribution in [0.25, 0.3) is 0 Å². The Hall–Kier alpha value is -1.10. The number of hydrogen-bond donors (Lipinski definition) is 3. The molecular weight excluding hydrogens is 244 g/mol. The first-order valence-electron chi connectivity index (χ1n) is 7.32. The van der Waals surface area contributed by atoms with Crippen molar-refractivity contribution in [2.24, 2.45) is 11.8 Å². The van der Waals surface area contributed by atoms with Crippen molar-refractivity contribution in [3.05, 3.63) is 0 Å². The first-order chi connectivity index (χ1) is 9.06. The van der Waals surface area contributed by atoms with Crippen molar-refractivity contribution in [1.29, 1.82) is 0 Å². The second kappa shape index (κ2) is 6.37. The molecule has 0 radical (unpaired) electrons. The number of nitrogens with one attached hydrogen (secondary N) is 2. The number of carboxylic acids is 1. The molecule has 0 saturated carbocycles. The van der Waals surface area contributed by atoms with Crippen LogP contribution in [0.3, 0.4) is 0 Å². The van der Waals surface area contributed by atoms with E-state index in [0.717, 1.165) is 19.3 Å². The summed E-state index contributed by atoms with van der Waals surface area (Å²) in [6.07, 6.45) is 5.06. The molecule has 2 bridgehead atoms. The number of carbonyl (C=O) groups excluding carboxylic acids is 1. The van der Waals surface area contributed by atoms with Crippen LogP contribution in [0, 0.1) is 11.8 Å². The van der Waals surface area contributed by atoms with Crippen molar-refractivity contribution in [2.75, 3.05) is 6.54 Å². The van der Waals surface area contributed by atoms with Gasteiger partial charge in [-0.05, 0) is 38.0 Å². The summed E-state index contributed by atoms with van der Waals surface area (Å²) in [5.74, 6) is -0.0864. The van der Waals surface area contributed by atoms with Crippen LogP contribution in [0.2, 0.25) is 0 Å². The van der Waals surface area contributed by atoms with E-state index in [1.807, 2.05) is 6.92 Å². The Bertz CT molecular complexity index is 346. The minimum absolute atomic E-state index is 0.146. The van der Waals surface area contributed by atoms with Gasteiger partial charge in [-0.2, -0.15) is 0 Å². The third kappa shape index (κ3) is 3.93. The lowest BCUT2D eigenvalue weighted by Gasteiger charge is -2.20. The molecule has 4 unspecified atom stereocenters. The highest BCUT2D eigenvalue weighted by molar-refractivity contribution is 5.80. The van der Waals surface area contributed by atoms with E-state index in [1.165, 1.54) is 6.42 Å². The van der Waals surface area contributed by atoms with Crippen molar-refractivity contribution in [3.63, 3.8) is 0 Å². The van der Waals surface area contributed by atoms with E-state index in [9.17, 15) is 9.59 Å². The van der Waals surface area contributed by atoms with Gasteiger partial charge in [0.25, 0.3) is 0 Å². The largest absolute Gasteiger partial charge is 0.481 e. The molecule has 1 amide bonds. The SMILES string of the molecule is CC(CCNC(=O)C1CC2CCC1N2)CCC(=O)O. The van der Waals surface area contributed by atoms with Crippen LogP contribution in [0.5, 0.6) is 0 Å². The van der Waals surface area contributed by atoms with Crippen LogP contribution in [0.4, 0.5) is 0 Å². The number of aliphatic carboxylic acids is 1. The Morgan fingerprint density at radius 1 is 1.37 bits per heavy atom. The van der Waals surface area contributed by atoms with Gasteiger partial charge in [0.1, 0.15) is 0 Å². The Balaban J connectivity index is 1.60. The second-order valence-corrected chi connectivity index (χ2v) is 6.01. The monoisotopic (exact) mass is 268 g/mol. The maximum absolute atomic E-state index is 12.0. The molecule has 2 heterocycles. The first-order valence-corrected chi connectivity index (χ1v) is 7.32. The minimum Gasteiger partial charge on any atom is -0.481 e. The van der Waals surface area contributed by atoms with Crippen molar-refractivity contribution < 1.29 is 14.7 Å². The summed E-state index contributed by atoms with van der Waals surface area (Å²) in [6, 6.07) is 0.935. The Kier molecular flexibility index (Phi) is 4.80. The smallest absolute Gasteiger partial charge is 0.303 e. The maximum Gasteiger partial charge on any atom is 0.303 e. The number of amides is 1. The quantitative estimate of drug-likeness (QED) is 0.647. The topological polar surface area (TPSA) is 78.4 Å². The highest BCUT2D eigenvalue weighted by Gasteiger charge is 2.42. The second-order valence-electron chi connectivity index (χ2n) is 6.01. The summed E-state index contributed by atoms with van der Waals surface area (Å²) >= 11 is 0. The normalized spacial score (nSPS) is 30.3. The minimum atomic E-state index is -0.746. The molecule has 5 heteroatoms. The molecule has 19 heavy (non-hydrogen) atoms. The molecule has 2 saturated heterocycles. The molecule has 0 aromatic carbocycles. The van der Waals surface area contributed by atoms with Gasteiger partial charge in [0.15, 0.2) is 0 Å². The summed E-state index contributed by atoms with van der Waals surface area (Å²) in [6.45, 7) is 2.70. The molecule has 0 spiro atoms. The van der Waals surface area contributed by atoms with Crippen LogP contribution >= 0.6 is 0 Å². The van der Waals surface area contributed by atoms with Gasteiger partial charge in [0.2, 0.25) is 5.91 Å². The number of carboxylic acid groups (broad SMARTS) is 1. The number of fused-ring (bicyclic) bond motifs is 2. The fraction of sp³-hybridized carbons (Fsp3) is 0.857. The molecule has 4 atom stereocenters. The highest BCUT2D eigenvalue weighted by atomic mass is 16.4. The third-order valence-corrected chi connectivity index (χ3v) is 4.42. The van der Waals surface area contributed by atoms with Gasteiger partial charge in [0, 0.05) is 25.0 Å². The fourth-order valence-corrected chi connectivity index (χ4v) is 3.20. The summed E-state index contributed by atoms with van der Waals surface area (Å²) in [5, 5.41) is 15.1. The van der Waals surface area contributed by atoms with Crippen molar-refractivity contribution >= 4 is 11.9 Å². The number of hydrogen-bond acceptors (Lipinski definition) is 3. The molecule has 2 rings (SSSR count). The van der Waals surface area contributed by atoms with E-state index in [0.29, 0.717) is 31.0 Å². The Labute approximate surface area is 114 Å². The van der Waals surface area contributed by atoms with E-state index in [2.05, 4.69) is 10.6 Å². The third-order valence-electron chi connectivity index (χ3n) is 4.42. The summed E-state index contributed by atoms with van der Waals surface area (Å²) in [7, 11) is 0. The molecule has 108 valence electrons. The van der Waals surface area contributed by atoms with E-state index in [1.54, 1.807) is 0 Å². The standard InChI is InChI=1S/C14H24N2O3/c1-9(2-5-13(17)18)6-7-15-14(19)11-8-10-3-4-12(11)16-10/h9-12,16H,2-8H2,1H3,(H,15,19)(H,17,18). The molecule has 5 nitrogen and oxygen atoms in total. The molecule has 0 aromatic heterocycles. The first kappa shape index (κ1) is 14.3. The fourth-order valence-electron chi connectivity index (χ4n) is 3.20. The van der Waals surface area contributed by atoms with Crippen LogP contribution in [0.15, 0.2) is 0 Å². The molecule has 2 aliphatic heterocycles. The van der Waals surface area contributed by atoms with Crippen LogP contribution < -0.4 is 10.6 Å². The Morgan fingerprint density at radius 3 is 2.74 bits per heavy atom. The predicted molar refractivity (Wildman–Crippen MR) is 71.7 cm³/mol. The molecular formula is C14H24N2O3. The van der Waals surface area contributed by atoms with Gasteiger partial charge < -0.3 is 15.7 Å². The summed E-state index contributed by atoms with van der Waals surface area (Å²) in [4.78, 5) is 22.5. The van der Waals surface area contributed by atoms with Gasteiger partial charge in [-0.15, -0.1) is 0 Å². The maximum atomic E-state index is 12.0. The number of carbonyl (C=O) groups is 2. The zero-order valence-electron chi connectivity index (χ0n) is 11.5. The lowest BCUT2D eigenvalue weighted by molar-refractivity contribution is -0.137. The lowest BCUT2D eigenvalue weighted by atomic mass is 9.88. The van der Waals surface area contributed by atoms with Gasteiger partial charge >= 0.3 is 5.97 Å². The average molecular weight is 268 g/mol. The highest BCUT2D eigenvalue weighted by Crippen LogP contribution is 2.33. The van der Waals surface area contributed by atoms with Crippen molar-refractivity contribution in [1.82, 2.24) is 10.6 Å². The van der Waals surface area contributed by atoms with E-state index in [4.69, 9.17) is 5.11 Å². The molecule has 2 fully saturated rings. The van der Waals surface area contributed by atoms with E-state index < -0.39 is 5.97 Å². The molecule has 3 N–H and O–H groups in total. The van der Waals surface area contributed by atoms with Gasteiger partial charge in [-0.25, -0.2) is 0 Å². The molecule has 0 aromatic rings. The van der Waals surface area contributed by atoms with E-state index >= 15 is 0 Å². The van der Waals surface area contributed by atoms with Gasteiger partial charge in [0.05, 0.1) is 5.92 Å². The molecule has 2 aliphatic rings. The van der Waals surface area contributed by atoms with Gasteiger partial charge in [-0.1, -0.05) is 6.92 Å². The zero-order chi connectivity index (χ0) is 13.8. The lowest BCUT2D eigenvalue weighted by Crippen LogP contribution is -2.38. The predicted octanol–water partition coefficient (Wildman–Crippen LogP) is 1.13. The summed E-state index contributed by atoms with van der Waals surface area (Å²) in [5.41, 5.74) is 0. The van der Waals surface area contributed by atoms with E-state index in [-0.39, 0.29) is 18.2 Å². The van der Waals surface area contributed by atoms with Crippen LogP contribution in [-0.4, -0.2) is 35.6 Å². The number of rotatable bonds is 7. The average Bonchev–Trinajstić information content (AvgIpc) is 2.98. The summed E-state index contributed by atoms with van der Waals surface area (Å²) < 4.78 is 0. The van der Waals surface area contributed by atoms with Crippen molar-refractivity contribution in [3.8, 4) is 0 Å². The van der Waals surface area contributed by atoms with Gasteiger partial charge in [-0.3, -0.25) is 9.59 Å². The Morgan fingerprint density at radius 2 is 2.16 bits per heavy atom. The molecule has 0 aliphatic carbocycles. The van der Waals surface area contributed by atoms with Crippen LogP contribution in [0.1, 0.15) is 45.4 Å².